The lowest BCUT2D eigenvalue weighted by Gasteiger charge is -2.29. The third-order valence-electron chi connectivity index (χ3n) is 4.46. The Morgan fingerprint density at radius 3 is 2.86 bits per heavy atom. The van der Waals surface area contributed by atoms with E-state index in [1.165, 1.54) is 11.1 Å². The molecule has 0 fully saturated rings. The molecule has 0 radical (unpaired) electrons. The number of hydrogen-bond acceptors (Lipinski definition) is 1. The van der Waals surface area contributed by atoms with E-state index in [0.717, 1.165) is 42.2 Å². The Kier molecular flexibility index (Phi) is 4.28. The van der Waals surface area contributed by atoms with Crippen molar-refractivity contribution >= 4 is 23.2 Å². The van der Waals surface area contributed by atoms with Crippen molar-refractivity contribution in [3.63, 3.8) is 0 Å². The molecule has 0 bridgehead atoms. The fourth-order valence-electron chi connectivity index (χ4n) is 3.29. The van der Waals surface area contributed by atoms with Gasteiger partial charge in [-0.05, 0) is 50.2 Å². The van der Waals surface area contributed by atoms with Crippen LogP contribution in [0.2, 0.25) is 5.02 Å². The van der Waals surface area contributed by atoms with Gasteiger partial charge in [-0.2, -0.15) is 5.10 Å². The zero-order chi connectivity index (χ0) is 15.0. The number of fused-ring (bicyclic) bond motifs is 1. The van der Waals surface area contributed by atoms with Crippen LogP contribution >= 0.6 is 23.2 Å². The van der Waals surface area contributed by atoms with Gasteiger partial charge in [0.15, 0.2) is 0 Å². The lowest BCUT2D eigenvalue weighted by atomic mass is 9.81. The number of halogens is 2. The zero-order valence-corrected chi connectivity index (χ0v) is 14.0. The number of aromatic nitrogens is 2. The van der Waals surface area contributed by atoms with E-state index in [1.54, 1.807) is 0 Å². The second-order valence-corrected chi connectivity index (χ2v) is 6.61. The second-order valence-electron chi connectivity index (χ2n) is 5.77. The van der Waals surface area contributed by atoms with Crippen LogP contribution in [0.4, 0.5) is 0 Å². The van der Waals surface area contributed by atoms with Crippen LogP contribution in [0.5, 0.6) is 0 Å². The van der Waals surface area contributed by atoms with Crippen molar-refractivity contribution < 1.29 is 0 Å². The van der Waals surface area contributed by atoms with E-state index in [0.29, 0.717) is 5.92 Å². The van der Waals surface area contributed by atoms with Crippen molar-refractivity contribution in [1.29, 1.82) is 0 Å². The van der Waals surface area contributed by atoms with E-state index >= 15 is 0 Å². The average molecular weight is 323 g/mol. The molecular formula is C17H20Cl2N2. The molecule has 0 spiro atoms. The topological polar surface area (TPSA) is 17.8 Å². The number of hydrogen-bond donors (Lipinski definition) is 0. The third kappa shape index (κ3) is 2.72. The van der Waals surface area contributed by atoms with Crippen molar-refractivity contribution in [2.75, 3.05) is 0 Å². The second kappa shape index (κ2) is 6.02. The van der Waals surface area contributed by atoms with E-state index in [9.17, 15) is 0 Å². The van der Waals surface area contributed by atoms with Crippen LogP contribution in [0.15, 0.2) is 24.3 Å². The molecule has 1 heterocycles. The number of alkyl halides is 1. The van der Waals surface area contributed by atoms with Crippen LogP contribution in [0.25, 0.3) is 0 Å². The maximum Gasteiger partial charge on any atom is 0.0847 e. The first-order valence-electron chi connectivity index (χ1n) is 7.55. The van der Waals surface area contributed by atoms with Gasteiger partial charge in [-0.3, -0.25) is 4.68 Å². The van der Waals surface area contributed by atoms with Gasteiger partial charge in [-0.1, -0.05) is 35.9 Å². The molecule has 0 amide bonds. The summed E-state index contributed by atoms with van der Waals surface area (Å²) in [5.41, 5.74) is 4.72. The van der Waals surface area contributed by atoms with Crippen LogP contribution in [-0.2, 0) is 19.4 Å². The van der Waals surface area contributed by atoms with Gasteiger partial charge < -0.3 is 0 Å². The summed E-state index contributed by atoms with van der Waals surface area (Å²) in [6.45, 7) is 4.91. The first-order chi connectivity index (χ1) is 10.1. The van der Waals surface area contributed by atoms with Gasteiger partial charge in [-0.15, -0.1) is 11.6 Å². The van der Waals surface area contributed by atoms with Crippen LogP contribution in [0, 0.1) is 12.8 Å². The van der Waals surface area contributed by atoms with Crippen LogP contribution in [-0.4, -0.2) is 9.78 Å². The highest BCUT2D eigenvalue weighted by atomic mass is 35.5. The Labute approximate surface area is 136 Å². The minimum Gasteiger partial charge on any atom is -0.268 e. The zero-order valence-electron chi connectivity index (χ0n) is 12.4. The van der Waals surface area contributed by atoms with E-state index < -0.39 is 0 Å². The summed E-state index contributed by atoms with van der Waals surface area (Å²) in [7, 11) is 0. The Morgan fingerprint density at radius 1 is 1.33 bits per heavy atom. The van der Waals surface area contributed by atoms with Crippen molar-refractivity contribution in [3.05, 3.63) is 51.8 Å². The van der Waals surface area contributed by atoms with Crippen molar-refractivity contribution in [2.24, 2.45) is 5.92 Å². The first-order valence-corrected chi connectivity index (χ1v) is 8.37. The standard InChI is InChI=1S/C17H20Cl2N2/c1-3-21-15(16(18)11(2)20-21)10-13-9-8-12-6-4-5-7-14(12)17(13)19/h4-7,13,17H,3,8-10H2,1-2H3. The molecule has 2 unspecified atom stereocenters. The average Bonchev–Trinajstić information content (AvgIpc) is 2.78. The molecule has 0 saturated heterocycles. The summed E-state index contributed by atoms with van der Waals surface area (Å²) in [5.74, 6) is 0.417. The van der Waals surface area contributed by atoms with Gasteiger partial charge in [0.1, 0.15) is 0 Å². The van der Waals surface area contributed by atoms with Gasteiger partial charge in [-0.25, -0.2) is 0 Å². The van der Waals surface area contributed by atoms with Crippen LogP contribution < -0.4 is 0 Å². The van der Waals surface area contributed by atoms with E-state index in [-0.39, 0.29) is 5.38 Å². The molecule has 0 saturated carbocycles. The first kappa shape index (κ1) is 14.9. The molecular weight excluding hydrogens is 303 g/mol. The molecule has 1 aliphatic rings. The molecule has 112 valence electrons. The summed E-state index contributed by atoms with van der Waals surface area (Å²) < 4.78 is 2.02. The van der Waals surface area contributed by atoms with Gasteiger partial charge in [0.05, 0.1) is 21.8 Å². The minimum atomic E-state index is 0.0616. The van der Waals surface area contributed by atoms with Gasteiger partial charge in [0.2, 0.25) is 0 Å². The molecule has 1 aromatic heterocycles. The van der Waals surface area contributed by atoms with Crippen LogP contribution in [0.1, 0.15) is 41.2 Å². The summed E-state index contributed by atoms with van der Waals surface area (Å²) in [6, 6.07) is 8.51. The maximum absolute atomic E-state index is 6.75. The lowest BCUT2D eigenvalue weighted by molar-refractivity contribution is 0.426. The van der Waals surface area contributed by atoms with E-state index in [2.05, 4.69) is 36.3 Å². The Balaban J connectivity index is 1.87. The largest absolute Gasteiger partial charge is 0.268 e. The predicted molar refractivity (Wildman–Crippen MR) is 88.2 cm³/mol. The molecule has 3 rings (SSSR count). The van der Waals surface area contributed by atoms with Crippen molar-refractivity contribution in [1.82, 2.24) is 9.78 Å². The SMILES string of the molecule is CCn1nc(C)c(Cl)c1CC1CCc2ccccc2C1Cl. The Bertz CT molecular complexity index is 648. The highest BCUT2D eigenvalue weighted by Crippen LogP contribution is 2.41. The predicted octanol–water partition coefficient (Wildman–Crippen LogP) is 4.95. The Morgan fingerprint density at radius 2 is 2.10 bits per heavy atom. The molecule has 0 N–H and O–H groups in total. The monoisotopic (exact) mass is 322 g/mol. The van der Waals surface area contributed by atoms with E-state index in [1.807, 2.05) is 11.6 Å². The Hall–Kier alpha value is -0.990. The fourth-order valence-corrected chi connectivity index (χ4v) is 3.93. The molecule has 2 aromatic rings. The molecule has 2 nitrogen and oxygen atoms in total. The summed E-state index contributed by atoms with van der Waals surface area (Å²) in [4.78, 5) is 0. The summed E-state index contributed by atoms with van der Waals surface area (Å²) in [6.07, 6.45) is 3.10. The molecule has 1 aromatic carbocycles. The van der Waals surface area contributed by atoms with Gasteiger partial charge in [0.25, 0.3) is 0 Å². The van der Waals surface area contributed by atoms with Crippen molar-refractivity contribution in [3.8, 4) is 0 Å². The number of nitrogens with zero attached hydrogens (tertiary/aromatic N) is 2. The molecule has 21 heavy (non-hydrogen) atoms. The van der Waals surface area contributed by atoms with E-state index in [4.69, 9.17) is 23.2 Å². The van der Waals surface area contributed by atoms with Gasteiger partial charge >= 0.3 is 0 Å². The number of aryl methyl sites for hydroxylation is 3. The minimum absolute atomic E-state index is 0.0616. The highest BCUT2D eigenvalue weighted by Gasteiger charge is 2.29. The summed E-state index contributed by atoms with van der Waals surface area (Å²) >= 11 is 13.2. The fraction of sp³-hybridized carbons (Fsp3) is 0.471. The molecule has 4 heteroatoms. The molecule has 1 aliphatic carbocycles. The normalized spacial score (nSPS) is 21.3. The quantitative estimate of drug-likeness (QED) is 0.731. The van der Waals surface area contributed by atoms with Crippen molar-refractivity contribution in [2.45, 2.75) is 45.0 Å². The summed E-state index contributed by atoms with van der Waals surface area (Å²) in [5, 5.41) is 5.37. The van der Waals surface area contributed by atoms with Crippen LogP contribution in [0.3, 0.4) is 0 Å². The lowest BCUT2D eigenvalue weighted by Crippen LogP contribution is -2.20. The third-order valence-corrected chi connectivity index (χ3v) is 5.54. The number of benzene rings is 1. The number of rotatable bonds is 3. The highest BCUT2D eigenvalue weighted by molar-refractivity contribution is 6.31. The molecule has 0 aliphatic heterocycles. The van der Waals surface area contributed by atoms with Gasteiger partial charge in [0, 0.05) is 6.54 Å². The molecule has 2 atom stereocenters. The maximum atomic E-state index is 6.75. The smallest absolute Gasteiger partial charge is 0.0847 e.